The fourth-order valence-corrected chi connectivity index (χ4v) is 2.82. The van der Waals surface area contributed by atoms with Crippen LogP contribution in [0.5, 0.6) is 5.75 Å². The Morgan fingerprint density at radius 3 is 2.41 bits per heavy atom. The molecule has 0 bridgehead atoms. The van der Waals surface area contributed by atoms with E-state index in [1.807, 2.05) is 17.0 Å². The number of benzene rings is 1. The summed E-state index contributed by atoms with van der Waals surface area (Å²) in [6, 6.07) is 7.26. The van der Waals surface area contributed by atoms with Crippen LogP contribution in [0.15, 0.2) is 24.3 Å². The lowest BCUT2D eigenvalue weighted by molar-refractivity contribution is 0.202. The highest BCUT2D eigenvalue weighted by molar-refractivity contribution is 8.12. The summed E-state index contributed by atoms with van der Waals surface area (Å²) in [6.07, 6.45) is 1.38. The van der Waals surface area contributed by atoms with Gasteiger partial charge in [-0.25, -0.2) is 4.79 Å². The minimum Gasteiger partial charge on any atom is -0.410 e. The lowest BCUT2D eigenvalue weighted by atomic mass is 10.2. The first kappa shape index (κ1) is 18.4. The quantitative estimate of drug-likeness (QED) is 0.827. The second kappa shape index (κ2) is 10.1. The van der Waals surface area contributed by atoms with Crippen molar-refractivity contribution in [3.8, 4) is 5.75 Å². The Morgan fingerprint density at radius 2 is 1.82 bits per heavy atom. The van der Waals surface area contributed by atoms with Gasteiger partial charge in [0.2, 0.25) is 0 Å². The fraction of sp³-hybridized carbons (Fsp3) is 0.500. The van der Waals surface area contributed by atoms with E-state index < -0.39 is 6.09 Å². The van der Waals surface area contributed by atoms with Crippen LogP contribution in [-0.2, 0) is 5.75 Å². The third-order valence-corrected chi connectivity index (χ3v) is 3.94. The number of amides is 2. The van der Waals surface area contributed by atoms with Gasteiger partial charge in [-0.2, -0.15) is 0 Å². The highest BCUT2D eigenvalue weighted by atomic mass is 32.2. The molecule has 5 nitrogen and oxygen atoms in total. The number of ether oxygens (including phenoxy) is 1. The molecular weight excluding hydrogens is 300 g/mol. The van der Waals surface area contributed by atoms with E-state index >= 15 is 0 Å². The Kier molecular flexibility index (Phi) is 8.43. The van der Waals surface area contributed by atoms with Gasteiger partial charge < -0.3 is 15.0 Å². The predicted octanol–water partition coefficient (Wildman–Crippen LogP) is 3.88. The zero-order valence-corrected chi connectivity index (χ0v) is 14.2. The number of carbonyl (C=O) groups excluding carboxylic acids is 2. The van der Waals surface area contributed by atoms with Gasteiger partial charge in [-0.1, -0.05) is 43.8 Å². The molecule has 0 aromatic heterocycles. The largest absolute Gasteiger partial charge is 0.412 e. The van der Waals surface area contributed by atoms with E-state index in [0.717, 1.165) is 31.5 Å². The van der Waals surface area contributed by atoms with Crippen molar-refractivity contribution in [1.29, 1.82) is 0 Å². The van der Waals surface area contributed by atoms with Crippen LogP contribution in [0.1, 0.15) is 32.3 Å². The second-order valence-electron chi connectivity index (χ2n) is 4.79. The van der Waals surface area contributed by atoms with Gasteiger partial charge >= 0.3 is 6.09 Å². The summed E-state index contributed by atoms with van der Waals surface area (Å²) >= 11 is 1.24. The second-order valence-corrected chi connectivity index (χ2v) is 5.72. The summed E-state index contributed by atoms with van der Waals surface area (Å²) in [5, 5.41) is 2.48. The first-order valence-electron chi connectivity index (χ1n) is 7.51. The minimum absolute atomic E-state index is 0.0680. The van der Waals surface area contributed by atoms with Crippen LogP contribution in [0.25, 0.3) is 0 Å². The SMILES string of the molecule is CCCN(CCC)C(=O)SCc1ccccc1OC(=O)NC. The molecule has 1 N–H and O–H groups in total. The molecular formula is C16H24N2O3S. The zero-order valence-electron chi connectivity index (χ0n) is 13.4. The summed E-state index contributed by atoms with van der Waals surface area (Å²) in [5.41, 5.74) is 0.831. The third-order valence-electron chi connectivity index (χ3n) is 2.98. The van der Waals surface area contributed by atoms with Gasteiger partial charge in [-0.15, -0.1) is 0 Å². The fourth-order valence-electron chi connectivity index (χ4n) is 1.94. The molecule has 0 radical (unpaired) electrons. The molecule has 0 saturated heterocycles. The highest BCUT2D eigenvalue weighted by Gasteiger charge is 2.14. The standard InChI is InChI=1S/C16H24N2O3S/c1-4-10-18(11-5-2)16(20)22-12-13-8-6-7-9-14(13)21-15(19)17-3/h6-9H,4-5,10-12H2,1-3H3,(H,17,19). The molecule has 0 aliphatic carbocycles. The van der Waals surface area contributed by atoms with Crippen LogP contribution in [0, 0.1) is 0 Å². The van der Waals surface area contributed by atoms with E-state index in [2.05, 4.69) is 19.2 Å². The van der Waals surface area contributed by atoms with Gasteiger partial charge in [-0.3, -0.25) is 4.79 Å². The lowest BCUT2D eigenvalue weighted by Crippen LogP contribution is -2.29. The van der Waals surface area contributed by atoms with E-state index in [1.54, 1.807) is 12.1 Å². The molecule has 2 amide bonds. The Labute approximate surface area is 136 Å². The lowest BCUT2D eigenvalue weighted by Gasteiger charge is -2.20. The Balaban J connectivity index is 2.66. The van der Waals surface area contributed by atoms with Crippen molar-refractivity contribution in [2.24, 2.45) is 0 Å². The van der Waals surface area contributed by atoms with Gasteiger partial charge in [0.15, 0.2) is 0 Å². The van der Waals surface area contributed by atoms with Gasteiger partial charge in [0.05, 0.1) is 0 Å². The van der Waals surface area contributed by atoms with Crippen molar-refractivity contribution in [3.63, 3.8) is 0 Å². The van der Waals surface area contributed by atoms with Crippen LogP contribution in [0.4, 0.5) is 9.59 Å². The first-order valence-corrected chi connectivity index (χ1v) is 8.50. The number of hydrogen-bond donors (Lipinski definition) is 1. The summed E-state index contributed by atoms with van der Waals surface area (Å²) in [5.74, 6) is 0.968. The molecule has 0 aliphatic heterocycles. The Hall–Kier alpha value is -1.69. The van der Waals surface area contributed by atoms with Crippen molar-refractivity contribution >= 4 is 23.1 Å². The minimum atomic E-state index is -0.512. The van der Waals surface area contributed by atoms with Crippen LogP contribution in [0.2, 0.25) is 0 Å². The average Bonchev–Trinajstić information content (AvgIpc) is 2.53. The Morgan fingerprint density at radius 1 is 1.18 bits per heavy atom. The highest BCUT2D eigenvalue weighted by Crippen LogP contribution is 2.25. The van der Waals surface area contributed by atoms with Crippen LogP contribution in [0.3, 0.4) is 0 Å². The third kappa shape index (κ3) is 5.97. The summed E-state index contributed by atoms with van der Waals surface area (Å²) in [4.78, 5) is 25.5. The zero-order chi connectivity index (χ0) is 16.4. The number of hydrogen-bond acceptors (Lipinski definition) is 4. The molecule has 1 rings (SSSR count). The van der Waals surface area contributed by atoms with E-state index in [-0.39, 0.29) is 5.24 Å². The molecule has 0 heterocycles. The van der Waals surface area contributed by atoms with E-state index in [0.29, 0.717) is 11.5 Å². The van der Waals surface area contributed by atoms with E-state index in [4.69, 9.17) is 4.74 Å². The van der Waals surface area contributed by atoms with Crippen molar-refractivity contribution < 1.29 is 14.3 Å². The maximum Gasteiger partial charge on any atom is 0.412 e. The van der Waals surface area contributed by atoms with Crippen LogP contribution in [-0.4, -0.2) is 36.4 Å². The number of rotatable bonds is 7. The van der Waals surface area contributed by atoms with Gasteiger partial charge in [0.1, 0.15) is 5.75 Å². The molecule has 0 atom stereocenters. The molecule has 122 valence electrons. The van der Waals surface area contributed by atoms with E-state index in [9.17, 15) is 9.59 Å². The molecule has 1 aromatic rings. The monoisotopic (exact) mass is 324 g/mol. The molecule has 0 saturated carbocycles. The molecule has 0 aliphatic rings. The number of nitrogens with zero attached hydrogens (tertiary/aromatic N) is 1. The van der Waals surface area contributed by atoms with Crippen LogP contribution < -0.4 is 10.1 Å². The Bertz CT molecular complexity index is 488. The molecule has 0 unspecified atom stereocenters. The van der Waals surface area contributed by atoms with Crippen molar-refractivity contribution in [2.75, 3.05) is 20.1 Å². The van der Waals surface area contributed by atoms with Gasteiger partial charge in [0.25, 0.3) is 5.24 Å². The molecule has 6 heteroatoms. The normalized spacial score (nSPS) is 10.1. The maximum atomic E-state index is 12.3. The van der Waals surface area contributed by atoms with E-state index in [1.165, 1.54) is 18.8 Å². The number of thioether (sulfide) groups is 1. The van der Waals surface area contributed by atoms with Crippen molar-refractivity contribution in [1.82, 2.24) is 10.2 Å². The predicted molar refractivity (Wildman–Crippen MR) is 90.4 cm³/mol. The summed E-state index contributed by atoms with van der Waals surface area (Å²) in [7, 11) is 1.51. The summed E-state index contributed by atoms with van der Waals surface area (Å²) in [6.45, 7) is 5.67. The van der Waals surface area contributed by atoms with Gasteiger partial charge in [0, 0.05) is 31.5 Å². The smallest absolute Gasteiger partial charge is 0.410 e. The number of para-hydroxylation sites is 1. The first-order chi connectivity index (χ1) is 10.6. The van der Waals surface area contributed by atoms with Gasteiger partial charge in [-0.05, 0) is 18.9 Å². The number of nitrogens with one attached hydrogen (secondary N) is 1. The summed E-state index contributed by atoms with van der Waals surface area (Å²) < 4.78 is 5.19. The molecule has 0 fully saturated rings. The molecule has 0 spiro atoms. The topological polar surface area (TPSA) is 58.6 Å². The molecule has 22 heavy (non-hydrogen) atoms. The van der Waals surface area contributed by atoms with Crippen molar-refractivity contribution in [2.45, 2.75) is 32.4 Å². The maximum absolute atomic E-state index is 12.3. The number of carbonyl (C=O) groups is 2. The average molecular weight is 324 g/mol. The van der Waals surface area contributed by atoms with Crippen molar-refractivity contribution in [3.05, 3.63) is 29.8 Å². The van der Waals surface area contributed by atoms with Crippen LogP contribution >= 0.6 is 11.8 Å². The molecule has 1 aromatic carbocycles.